The molecule has 8 rings (SSSR count). The summed E-state index contributed by atoms with van der Waals surface area (Å²) in [6.45, 7) is 0. The van der Waals surface area contributed by atoms with Gasteiger partial charge in [-0.3, -0.25) is 4.57 Å². The van der Waals surface area contributed by atoms with Gasteiger partial charge in [0.15, 0.2) is 5.65 Å². The summed E-state index contributed by atoms with van der Waals surface area (Å²) in [6, 6.07) is 21.7. The summed E-state index contributed by atoms with van der Waals surface area (Å²) in [5.41, 5.74) is 7.45. The minimum Gasteiger partial charge on any atom is -0.331 e. The number of rotatable bonds is 2. The molecule has 4 heterocycles. The fraction of sp³-hybridized carbons (Fsp3) is 0.100. The number of hydrogen-bond donors (Lipinski definition) is 0. The average Bonchev–Trinajstić information content (AvgIpc) is 3.58. The second-order valence-electron chi connectivity index (χ2n) is 9.40. The molecule has 0 bridgehead atoms. The van der Waals surface area contributed by atoms with Crippen LogP contribution in [0.2, 0.25) is 0 Å². The third-order valence-electron chi connectivity index (χ3n) is 7.37. The van der Waals surface area contributed by atoms with Crippen LogP contribution in [-0.2, 0) is 7.05 Å². The highest BCUT2D eigenvalue weighted by Gasteiger charge is 2.22. The van der Waals surface area contributed by atoms with E-state index in [4.69, 9.17) is 9.97 Å². The van der Waals surface area contributed by atoms with E-state index >= 15 is 0 Å². The zero-order chi connectivity index (χ0) is 23.8. The van der Waals surface area contributed by atoms with Crippen molar-refractivity contribution >= 4 is 60.5 Å². The molecule has 0 saturated heterocycles. The fourth-order valence-corrected chi connectivity index (χ4v) is 5.77. The van der Waals surface area contributed by atoms with Crippen molar-refractivity contribution in [3.8, 4) is 5.95 Å². The Hall–Kier alpha value is -4.71. The molecule has 0 aliphatic heterocycles. The number of aromatic nitrogens is 6. The summed E-state index contributed by atoms with van der Waals surface area (Å²) in [5.74, 6) is 0.631. The van der Waals surface area contributed by atoms with Crippen LogP contribution >= 0.6 is 0 Å². The van der Waals surface area contributed by atoms with E-state index in [1.165, 1.54) is 38.3 Å². The standard InChI is InChI=1S/C30H22N6/c1-34-18-32-29-26(34)17-31-30(33-29)36-24-14-8-6-12-22(24)27-25(36)16-15-21-20-11-5-7-13-23(20)35(28(21)27)19-9-3-2-4-10-19/h3,5-18H,2,4H2,1H3. The second-order valence-corrected chi connectivity index (χ2v) is 9.40. The third kappa shape index (κ3) is 2.53. The smallest absolute Gasteiger partial charge is 0.236 e. The van der Waals surface area contributed by atoms with E-state index in [9.17, 15) is 0 Å². The van der Waals surface area contributed by atoms with Gasteiger partial charge in [-0.1, -0.05) is 54.6 Å². The molecule has 6 nitrogen and oxygen atoms in total. The minimum atomic E-state index is 0.631. The number of imidazole rings is 1. The highest BCUT2D eigenvalue weighted by Crippen LogP contribution is 2.41. The van der Waals surface area contributed by atoms with E-state index in [0.29, 0.717) is 11.6 Å². The lowest BCUT2D eigenvalue weighted by molar-refractivity contribution is 0.940. The van der Waals surface area contributed by atoms with Crippen LogP contribution in [0.1, 0.15) is 12.8 Å². The molecular weight excluding hydrogens is 444 g/mol. The van der Waals surface area contributed by atoms with Crippen molar-refractivity contribution in [2.24, 2.45) is 7.05 Å². The van der Waals surface area contributed by atoms with Gasteiger partial charge in [0.25, 0.3) is 0 Å². The quantitative estimate of drug-likeness (QED) is 0.283. The Morgan fingerprint density at radius 3 is 2.36 bits per heavy atom. The zero-order valence-electron chi connectivity index (χ0n) is 19.8. The molecule has 36 heavy (non-hydrogen) atoms. The van der Waals surface area contributed by atoms with E-state index in [-0.39, 0.29) is 0 Å². The van der Waals surface area contributed by atoms with E-state index in [2.05, 4.69) is 93.0 Å². The Bertz CT molecular complexity index is 2060. The highest BCUT2D eigenvalue weighted by atomic mass is 15.2. The van der Waals surface area contributed by atoms with Gasteiger partial charge in [-0.25, -0.2) is 9.97 Å². The summed E-state index contributed by atoms with van der Waals surface area (Å²) in [5, 5.41) is 4.91. The summed E-state index contributed by atoms with van der Waals surface area (Å²) < 4.78 is 6.55. The van der Waals surface area contributed by atoms with Crippen LogP contribution in [0.5, 0.6) is 0 Å². The molecular formula is C30H22N6. The molecule has 1 aliphatic rings. The average molecular weight is 467 g/mol. The predicted molar refractivity (Wildman–Crippen MR) is 146 cm³/mol. The van der Waals surface area contributed by atoms with E-state index in [1.807, 2.05) is 17.8 Å². The number of aryl methyl sites for hydroxylation is 1. The zero-order valence-corrected chi connectivity index (χ0v) is 19.8. The first-order chi connectivity index (χ1) is 17.8. The van der Waals surface area contributed by atoms with Gasteiger partial charge in [0.05, 0.1) is 34.6 Å². The van der Waals surface area contributed by atoms with Crippen LogP contribution in [-0.4, -0.2) is 28.7 Å². The minimum absolute atomic E-state index is 0.631. The van der Waals surface area contributed by atoms with E-state index in [1.54, 1.807) is 6.33 Å². The lowest BCUT2D eigenvalue weighted by atomic mass is 10.1. The molecule has 0 saturated carbocycles. The largest absolute Gasteiger partial charge is 0.331 e. The second kappa shape index (κ2) is 7.15. The lowest BCUT2D eigenvalue weighted by Gasteiger charge is -2.13. The maximum Gasteiger partial charge on any atom is 0.236 e. The SMILES string of the molecule is Cn1cnc2nc(-n3c4ccccc4c4c5c(ccc43)c3ccccc3n5C3=CCCC=C3)ncc21. The van der Waals surface area contributed by atoms with Crippen LogP contribution < -0.4 is 0 Å². The van der Waals surface area contributed by atoms with Crippen LogP contribution in [0.3, 0.4) is 0 Å². The number of nitrogens with zero attached hydrogens (tertiary/aromatic N) is 6. The predicted octanol–water partition coefficient (Wildman–Crippen LogP) is 6.76. The first-order valence-corrected chi connectivity index (χ1v) is 12.3. The molecule has 4 aromatic heterocycles. The van der Waals surface area contributed by atoms with Gasteiger partial charge in [-0.05, 0) is 37.1 Å². The first-order valence-electron chi connectivity index (χ1n) is 12.3. The maximum absolute atomic E-state index is 4.86. The Morgan fingerprint density at radius 2 is 1.53 bits per heavy atom. The monoisotopic (exact) mass is 466 g/mol. The molecule has 0 radical (unpaired) electrons. The van der Waals surface area contributed by atoms with Crippen molar-refractivity contribution in [2.45, 2.75) is 12.8 Å². The van der Waals surface area contributed by atoms with Gasteiger partial charge in [-0.15, -0.1) is 0 Å². The Morgan fingerprint density at radius 1 is 0.722 bits per heavy atom. The molecule has 0 N–H and O–H groups in total. The Labute approximate surface area is 206 Å². The van der Waals surface area contributed by atoms with Crippen molar-refractivity contribution in [1.29, 1.82) is 0 Å². The van der Waals surface area contributed by atoms with Crippen molar-refractivity contribution in [2.75, 3.05) is 0 Å². The number of para-hydroxylation sites is 2. The summed E-state index contributed by atoms with van der Waals surface area (Å²) in [6.07, 6.45) is 12.7. The molecule has 172 valence electrons. The van der Waals surface area contributed by atoms with Gasteiger partial charge in [-0.2, -0.15) is 4.98 Å². The number of hydrogen-bond acceptors (Lipinski definition) is 3. The molecule has 1 aliphatic carbocycles. The molecule has 6 heteroatoms. The van der Waals surface area contributed by atoms with Crippen molar-refractivity contribution in [3.63, 3.8) is 0 Å². The van der Waals surface area contributed by atoms with Crippen molar-refractivity contribution in [3.05, 3.63) is 91.4 Å². The van der Waals surface area contributed by atoms with Crippen LogP contribution in [0.15, 0.2) is 91.4 Å². The van der Waals surface area contributed by atoms with Gasteiger partial charge in [0.1, 0.15) is 5.52 Å². The molecule has 7 aromatic rings. The van der Waals surface area contributed by atoms with E-state index in [0.717, 1.165) is 29.4 Å². The number of allylic oxidation sites excluding steroid dienone is 4. The number of benzene rings is 3. The van der Waals surface area contributed by atoms with Crippen LogP contribution in [0.4, 0.5) is 0 Å². The van der Waals surface area contributed by atoms with Crippen LogP contribution in [0.25, 0.3) is 66.4 Å². The summed E-state index contributed by atoms with van der Waals surface area (Å²) in [4.78, 5) is 14.1. The fourth-order valence-electron chi connectivity index (χ4n) is 5.77. The molecule has 0 unspecified atom stereocenters. The topological polar surface area (TPSA) is 53.5 Å². The lowest BCUT2D eigenvalue weighted by Crippen LogP contribution is -2.01. The third-order valence-corrected chi connectivity index (χ3v) is 7.37. The molecule has 3 aromatic carbocycles. The molecule has 0 fully saturated rings. The first kappa shape index (κ1) is 19.6. The molecule has 0 amide bonds. The Kier molecular flexibility index (Phi) is 3.89. The highest BCUT2D eigenvalue weighted by molar-refractivity contribution is 6.26. The van der Waals surface area contributed by atoms with E-state index < -0.39 is 0 Å². The van der Waals surface area contributed by atoms with Crippen molar-refractivity contribution in [1.82, 2.24) is 28.7 Å². The van der Waals surface area contributed by atoms with Crippen molar-refractivity contribution < 1.29 is 0 Å². The summed E-state index contributed by atoms with van der Waals surface area (Å²) in [7, 11) is 1.96. The number of fused-ring (bicyclic) bond motifs is 8. The van der Waals surface area contributed by atoms with Gasteiger partial charge < -0.3 is 9.13 Å². The van der Waals surface area contributed by atoms with Crippen LogP contribution in [0, 0.1) is 0 Å². The van der Waals surface area contributed by atoms with Gasteiger partial charge >= 0.3 is 0 Å². The van der Waals surface area contributed by atoms with Gasteiger partial charge in [0.2, 0.25) is 5.95 Å². The summed E-state index contributed by atoms with van der Waals surface area (Å²) >= 11 is 0. The maximum atomic E-state index is 4.86. The normalized spacial score (nSPS) is 14.1. The Balaban J connectivity index is 1.57. The molecule has 0 atom stereocenters. The van der Waals surface area contributed by atoms with Gasteiger partial charge in [0, 0.05) is 34.3 Å². The molecule has 0 spiro atoms.